The lowest BCUT2D eigenvalue weighted by molar-refractivity contribution is -0.133. The minimum absolute atomic E-state index is 0.0156. The fourth-order valence-corrected chi connectivity index (χ4v) is 9.39. The van der Waals surface area contributed by atoms with Gasteiger partial charge in [0.2, 0.25) is 15.9 Å². The van der Waals surface area contributed by atoms with Crippen LogP contribution in [0.15, 0.2) is 77.8 Å². The number of amides is 1. The van der Waals surface area contributed by atoms with Crippen molar-refractivity contribution in [2.75, 3.05) is 33.8 Å². The highest BCUT2D eigenvalue weighted by atomic mass is 32.2. The summed E-state index contributed by atoms with van der Waals surface area (Å²) in [5.74, 6) is 0.682. The van der Waals surface area contributed by atoms with Crippen LogP contribution < -0.4 is 4.74 Å². The summed E-state index contributed by atoms with van der Waals surface area (Å²) < 4.78 is 37.5. The fourth-order valence-electron chi connectivity index (χ4n) is 7.76. The van der Waals surface area contributed by atoms with Crippen molar-refractivity contribution in [2.24, 2.45) is 0 Å². The highest BCUT2D eigenvalue weighted by molar-refractivity contribution is 7.89. The predicted molar refractivity (Wildman–Crippen MR) is 180 cm³/mol. The summed E-state index contributed by atoms with van der Waals surface area (Å²) in [4.78, 5) is 18.8. The lowest BCUT2D eigenvalue weighted by Gasteiger charge is -2.38. The Morgan fingerprint density at radius 1 is 0.913 bits per heavy atom. The molecule has 2 aliphatic heterocycles. The largest absolute Gasteiger partial charge is 0.497 e. The van der Waals surface area contributed by atoms with Gasteiger partial charge in [0.15, 0.2) is 0 Å². The molecule has 1 amide bonds. The van der Waals surface area contributed by atoms with Gasteiger partial charge in [-0.3, -0.25) is 9.69 Å². The predicted octanol–water partition coefficient (Wildman–Crippen LogP) is 6.31. The van der Waals surface area contributed by atoms with Gasteiger partial charge in [0, 0.05) is 45.0 Å². The molecule has 1 saturated heterocycles. The fraction of sp³-hybridized carbons (Fsp3) is 0.432. The smallest absolute Gasteiger partial charge is 0.243 e. The molecule has 1 fully saturated rings. The molecule has 3 aliphatic rings. The Kier molecular flexibility index (Phi) is 8.65. The summed E-state index contributed by atoms with van der Waals surface area (Å²) in [7, 11) is -0.380. The summed E-state index contributed by atoms with van der Waals surface area (Å²) in [6.07, 6.45) is 8.92. The number of hydrogen-bond donors (Lipinski definition) is 0. The van der Waals surface area contributed by atoms with Gasteiger partial charge in [0.25, 0.3) is 0 Å². The summed E-state index contributed by atoms with van der Waals surface area (Å²) >= 11 is 0. The average Bonchev–Trinajstić information content (AvgIpc) is 3.57. The van der Waals surface area contributed by atoms with Crippen molar-refractivity contribution in [1.29, 1.82) is 0 Å². The van der Waals surface area contributed by atoms with Gasteiger partial charge in [0.05, 0.1) is 24.1 Å². The Labute approximate surface area is 272 Å². The monoisotopic (exact) mass is 640 g/mol. The first-order chi connectivity index (χ1) is 22.3. The van der Waals surface area contributed by atoms with Crippen LogP contribution >= 0.6 is 0 Å². The third-order valence-corrected chi connectivity index (χ3v) is 12.2. The van der Waals surface area contributed by atoms with Gasteiger partial charge in [0.1, 0.15) is 5.75 Å². The number of aromatic nitrogens is 1. The number of sulfonamides is 1. The summed E-state index contributed by atoms with van der Waals surface area (Å²) in [5, 5.41) is 1.73. The molecule has 0 bridgehead atoms. The molecule has 2 unspecified atom stereocenters. The highest BCUT2D eigenvalue weighted by Crippen LogP contribution is 2.38. The van der Waals surface area contributed by atoms with Crippen LogP contribution in [-0.2, 0) is 34.3 Å². The molecule has 9 heteroatoms. The van der Waals surface area contributed by atoms with Gasteiger partial charge < -0.3 is 14.2 Å². The molecular formula is C37H44N4O4S. The molecule has 3 heterocycles. The molecule has 3 aromatic carbocycles. The molecule has 0 spiro atoms. The van der Waals surface area contributed by atoms with E-state index in [0.29, 0.717) is 13.1 Å². The third kappa shape index (κ3) is 5.96. The van der Waals surface area contributed by atoms with Gasteiger partial charge in [-0.15, -0.1) is 0 Å². The zero-order valence-electron chi connectivity index (χ0n) is 26.9. The van der Waals surface area contributed by atoms with Gasteiger partial charge >= 0.3 is 0 Å². The van der Waals surface area contributed by atoms with Crippen LogP contribution in [0.25, 0.3) is 10.8 Å². The molecule has 2 atom stereocenters. The van der Waals surface area contributed by atoms with E-state index >= 15 is 0 Å². The van der Waals surface area contributed by atoms with E-state index < -0.39 is 16.1 Å². The van der Waals surface area contributed by atoms with Crippen molar-refractivity contribution in [3.63, 3.8) is 0 Å². The van der Waals surface area contributed by atoms with Crippen LogP contribution in [0.1, 0.15) is 73.0 Å². The van der Waals surface area contributed by atoms with Gasteiger partial charge in [-0.05, 0) is 109 Å². The first-order valence-corrected chi connectivity index (χ1v) is 18.1. The molecule has 0 saturated carbocycles. The van der Waals surface area contributed by atoms with E-state index in [0.717, 1.165) is 48.0 Å². The van der Waals surface area contributed by atoms with Crippen LogP contribution in [0, 0.1) is 0 Å². The molecule has 0 radical (unpaired) electrons. The number of ether oxygens (including phenoxy) is 1. The van der Waals surface area contributed by atoms with Crippen molar-refractivity contribution >= 4 is 26.7 Å². The molecule has 0 N–H and O–H groups in total. The van der Waals surface area contributed by atoms with Crippen LogP contribution in [0.4, 0.5) is 0 Å². The second-order valence-electron chi connectivity index (χ2n) is 13.1. The Morgan fingerprint density at radius 3 is 2.54 bits per heavy atom. The maximum Gasteiger partial charge on any atom is 0.243 e. The second kappa shape index (κ2) is 12.9. The third-order valence-electron chi connectivity index (χ3n) is 10.3. The number of carbonyl (C=O) groups excluding carboxylic acids is 1. The van der Waals surface area contributed by atoms with Crippen LogP contribution in [0.5, 0.6) is 5.75 Å². The average molecular weight is 641 g/mol. The topological polar surface area (TPSA) is 75.1 Å². The van der Waals surface area contributed by atoms with Gasteiger partial charge in [-0.25, -0.2) is 8.42 Å². The van der Waals surface area contributed by atoms with E-state index in [1.807, 2.05) is 54.5 Å². The number of piperidine rings is 1. The number of hydrogen-bond acceptors (Lipinski definition) is 5. The lowest BCUT2D eigenvalue weighted by atomic mass is 9.85. The maximum absolute atomic E-state index is 14.3. The van der Waals surface area contributed by atoms with E-state index in [1.165, 1.54) is 49.0 Å². The Bertz CT molecular complexity index is 1850. The Morgan fingerprint density at radius 2 is 1.72 bits per heavy atom. The number of aryl methyl sites for hydroxylation is 1. The number of methoxy groups -OCH3 is 1. The summed E-state index contributed by atoms with van der Waals surface area (Å²) in [6, 6.07) is 20.9. The molecule has 46 heavy (non-hydrogen) atoms. The van der Waals surface area contributed by atoms with Crippen molar-refractivity contribution in [3.05, 3.63) is 95.3 Å². The van der Waals surface area contributed by atoms with Crippen molar-refractivity contribution in [3.8, 4) is 5.75 Å². The number of likely N-dealkylation sites (tertiary alicyclic amines) is 1. The molecule has 4 aromatic rings. The molecule has 1 aromatic heterocycles. The minimum atomic E-state index is -3.89. The first-order valence-electron chi connectivity index (χ1n) is 16.7. The van der Waals surface area contributed by atoms with Crippen molar-refractivity contribution in [2.45, 2.75) is 75.0 Å². The zero-order chi connectivity index (χ0) is 31.8. The van der Waals surface area contributed by atoms with Gasteiger partial charge in [-0.2, -0.15) is 4.31 Å². The molecule has 1 aliphatic carbocycles. The van der Waals surface area contributed by atoms with Crippen LogP contribution in [0.2, 0.25) is 0 Å². The number of carbonyl (C=O) groups is 1. The van der Waals surface area contributed by atoms with E-state index in [4.69, 9.17) is 4.74 Å². The number of fused-ring (bicyclic) bond motifs is 3. The highest BCUT2D eigenvalue weighted by Gasteiger charge is 2.39. The molecular weight excluding hydrogens is 596 g/mol. The maximum atomic E-state index is 14.3. The van der Waals surface area contributed by atoms with E-state index in [2.05, 4.69) is 27.7 Å². The minimum Gasteiger partial charge on any atom is -0.497 e. The number of nitrogens with zero attached hydrogens (tertiary/aromatic N) is 4. The first kappa shape index (κ1) is 31.0. The lowest BCUT2D eigenvalue weighted by Crippen LogP contribution is -2.44. The summed E-state index contributed by atoms with van der Waals surface area (Å²) in [6.45, 7) is 4.18. The van der Waals surface area contributed by atoms with Crippen LogP contribution in [-0.4, -0.2) is 66.8 Å². The Balaban J connectivity index is 1.13. The van der Waals surface area contributed by atoms with E-state index in [1.54, 1.807) is 23.5 Å². The zero-order valence-corrected chi connectivity index (χ0v) is 27.7. The van der Waals surface area contributed by atoms with Crippen LogP contribution in [0.3, 0.4) is 0 Å². The standard InChI is InChI=1S/C37H44N4O4S/c1-38(34-9-6-8-30-22-27(11-16-33(30)34)26-39-17-4-3-5-18-39)37(42)25-36-35-10-7-19-40(35)20-21-41(36)46(43,44)32-15-13-28-23-31(45-2)14-12-29(28)24-32/h7,10-16,19,22-24,34,36H,3-6,8-9,17-18,20-21,25-26H2,1-2H3. The SMILES string of the molecule is COc1ccc2cc(S(=O)(=O)N3CCn4cccc4C3CC(=O)N(C)C3CCCc4cc(CN5CCCCC5)ccc43)ccc2c1. The number of benzene rings is 3. The molecule has 242 valence electrons. The second-order valence-corrected chi connectivity index (χ2v) is 15.0. The van der Waals surface area contributed by atoms with Crippen molar-refractivity contribution in [1.82, 2.24) is 18.7 Å². The van der Waals surface area contributed by atoms with E-state index in [-0.39, 0.29) is 23.3 Å². The number of rotatable bonds is 8. The Hall–Kier alpha value is -3.66. The van der Waals surface area contributed by atoms with Gasteiger partial charge in [-0.1, -0.05) is 36.8 Å². The van der Waals surface area contributed by atoms with E-state index in [9.17, 15) is 13.2 Å². The summed E-state index contributed by atoms with van der Waals surface area (Å²) in [5.41, 5.74) is 4.78. The molecule has 7 rings (SSSR count). The van der Waals surface area contributed by atoms with Crippen molar-refractivity contribution < 1.29 is 17.9 Å². The molecule has 8 nitrogen and oxygen atoms in total. The quantitative estimate of drug-likeness (QED) is 0.226. The normalized spacial score (nSPS) is 20.7.